The van der Waals surface area contributed by atoms with E-state index in [1.165, 1.54) is 25.7 Å². The van der Waals surface area contributed by atoms with Gasteiger partial charge in [0.1, 0.15) is 19.3 Å². The summed E-state index contributed by atoms with van der Waals surface area (Å²) in [7, 11) is 4.89. The molecule has 0 aromatic rings. The van der Waals surface area contributed by atoms with E-state index in [1.54, 1.807) is 21.3 Å². The largest absolute Gasteiger partial charge is 0.465 e. The van der Waals surface area contributed by atoms with Crippen LogP contribution in [0.3, 0.4) is 0 Å². The Morgan fingerprint density at radius 3 is 1.11 bits per heavy atom. The molecule has 0 aromatic heterocycles. The molecular formula is C114H196O28. The summed E-state index contributed by atoms with van der Waals surface area (Å²) in [4.78, 5) is 96.5. The second-order valence-corrected chi connectivity index (χ2v) is 49.8. The zero-order chi connectivity index (χ0) is 105. The molecule has 16 fully saturated rings. The molecule has 0 N–H and O–H groups in total. The van der Waals surface area contributed by atoms with Crippen LogP contribution in [0.4, 0.5) is 0 Å². The summed E-state index contributed by atoms with van der Waals surface area (Å²) in [5, 5.41) is 0. The summed E-state index contributed by atoms with van der Waals surface area (Å²) < 4.78 is 108. The quantitative estimate of drug-likeness (QED) is 0.0239. The number of esters is 8. The fourth-order valence-electron chi connectivity index (χ4n) is 23.6. The lowest BCUT2D eigenvalue weighted by atomic mass is 9.72. The van der Waals surface area contributed by atoms with Crippen LogP contribution in [0.2, 0.25) is 0 Å². The molecular weight excluding hydrogens is 1820 g/mol. The summed E-state index contributed by atoms with van der Waals surface area (Å²) in [6.07, 6.45) is 29.7. The van der Waals surface area contributed by atoms with E-state index in [1.807, 2.05) is 34.6 Å². The average Bonchev–Trinajstić information content (AvgIpc) is 1.56. The Kier molecular flexibility index (Phi) is 45.4. The van der Waals surface area contributed by atoms with Gasteiger partial charge >= 0.3 is 47.8 Å². The fourth-order valence-corrected chi connectivity index (χ4v) is 23.6. The molecule has 16 aliphatic rings. The molecule has 8 saturated heterocycles. The summed E-state index contributed by atoms with van der Waals surface area (Å²) in [5.74, 6) is 4.34. The van der Waals surface area contributed by atoms with Crippen LogP contribution in [0, 0.1) is 111 Å². The number of unbranched alkanes of at least 4 members (excludes halogenated alkanes) is 2. The standard InChI is InChI=1S/C18H32O3.C16H28O3.C14H24O4.2C14H24O3.2C13H22O4.C12H20O4/c1-12(10-17(3,4)5)7-8-20-16(19)14-9-15-18(6,21-15)11-13(14)2;1-4-6-7-12(5-2)10-18-16(17)13-9-15-14(19-15)8-11(13)3;1-10-9-14(2)12(18-14)8-11(10)13(15)17-7-5-4-6-16-3;1-8(2)5-10(4)16-14(15)11-7-13-12(17-13)6-9(11)3;1-9(2)5-6-16-13(15)11-7-12-14(4,17-12)8-10(11)3;1-8-6-13(3)11(17-13)5-10(8)12(14)16-9(2)7-15-4;1-4-15-7-8-16-11(14)12(2)5-6-13(3)10(9-12)17-13;1-11(10(13)15-7-6-14-3)4-5-12(2)9(8-11)16-12/h12-15H,7-11H2,1-6H3;11-15H,4-10H2,1-3H3;10-12H,4-9H2,1-3H3;8-13H,5-7H2,1-4H3;9-12H,5-8H2,1-4H3;8-11H,5-7H2,1-4H3;10H,4-9H2,1-3H3;9H,4-8H2,1-3H3. The number of ether oxygens (including phenoxy) is 20. The zero-order valence-corrected chi connectivity index (χ0v) is 93.7. The fraction of sp³-hybridized carbons (Fsp3) is 0.930. The number of rotatable bonds is 39. The smallest absolute Gasteiger partial charge is 0.311 e. The van der Waals surface area contributed by atoms with E-state index in [2.05, 4.69) is 152 Å². The van der Waals surface area contributed by atoms with Crippen LogP contribution in [0.1, 0.15) is 367 Å². The third kappa shape index (κ3) is 36.6. The predicted octanol–water partition coefficient (Wildman–Crippen LogP) is 20.7. The first-order chi connectivity index (χ1) is 66.7. The van der Waals surface area contributed by atoms with Gasteiger partial charge in [0.05, 0.1) is 193 Å². The monoisotopic (exact) mass is 2010 g/mol. The van der Waals surface area contributed by atoms with Crippen LogP contribution in [0.25, 0.3) is 0 Å². The highest BCUT2D eigenvalue weighted by Gasteiger charge is 2.65. The Labute approximate surface area is 854 Å². The Bertz CT molecular complexity index is 3940. The van der Waals surface area contributed by atoms with Gasteiger partial charge in [-0.15, -0.1) is 0 Å². The maximum atomic E-state index is 12.3. The van der Waals surface area contributed by atoms with Gasteiger partial charge in [-0.1, -0.05) is 130 Å². The van der Waals surface area contributed by atoms with E-state index in [4.69, 9.17) is 94.7 Å². The first-order valence-corrected chi connectivity index (χ1v) is 55.5. The number of hydrogen-bond donors (Lipinski definition) is 0. The van der Waals surface area contributed by atoms with Crippen LogP contribution < -0.4 is 0 Å². The van der Waals surface area contributed by atoms with E-state index in [9.17, 15) is 38.4 Å². The van der Waals surface area contributed by atoms with Gasteiger partial charge in [0, 0.05) is 34.5 Å². The van der Waals surface area contributed by atoms with Crippen molar-refractivity contribution >= 4 is 47.8 Å². The van der Waals surface area contributed by atoms with Gasteiger partial charge in [-0.2, -0.15) is 0 Å². The lowest BCUT2D eigenvalue weighted by Crippen LogP contribution is -2.37. The average molecular weight is 2010 g/mol. The molecule has 0 radical (unpaired) electrons. The molecule has 34 atom stereocenters. The number of carbonyl (C=O) groups is 8. The molecule has 8 aliphatic carbocycles. The third-order valence-electron chi connectivity index (χ3n) is 33.9. The minimum absolute atomic E-state index is 0.0106. The highest BCUT2D eigenvalue weighted by atomic mass is 16.6. The van der Waals surface area contributed by atoms with E-state index in [0.29, 0.717) is 161 Å². The van der Waals surface area contributed by atoms with Gasteiger partial charge in [0.15, 0.2) is 0 Å². The molecule has 0 bridgehead atoms. The minimum atomic E-state index is -0.368. The van der Waals surface area contributed by atoms with Crippen molar-refractivity contribution in [2.75, 3.05) is 94.0 Å². The number of fused-ring (bicyclic) bond motifs is 8. The normalized spacial score (nSPS) is 38.5. The van der Waals surface area contributed by atoms with E-state index < -0.39 is 0 Å². The molecule has 28 heteroatoms. The van der Waals surface area contributed by atoms with E-state index in [-0.39, 0.29) is 170 Å². The Balaban J connectivity index is 0.000000181. The Morgan fingerprint density at radius 2 is 0.718 bits per heavy atom. The van der Waals surface area contributed by atoms with Crippen LogP contribution in [0.5, 0.6) is 0 Å². The van der Waals surface area contributed by atoms with Crippen molar-refractivity contribution < 1.29 is 133 Å². The van der Waals surface area contributed by atoms with Gasteiger partial charge in [0.25, 0.3) is 0 Å². The van der Waals surface area contributed by atoms with Crippen molar-refractivity contribution in [3.05, 3.63) is 0 Å². The molecule has 820 valence electrons. The summed E-state index contributed by atoms with van der Waals surface area (Å²) >= 11 is 0. The molecule has 16 rings (SSSR count). The maximum Gasteiger partial charge on any atom is 0.311 e. The van der Waals surface area contributed by atoms with Gasteiger partial charge in [0.2, 0.25) is 0 Å². The van der Waals surface area contributed by atoms with Crippen molar-refractivity contribution in [1.29, 1.82) is 0 Å². The van der Waals surface area contributed by atoms with Crippen LogP contribution in [-0.4, -0.2) is 249 Å². The molecule has 8 saturated carbocycles. The van der Waals surface area contributed by atoms with Crippen molar-refractivity contribution in [2.24, 2.45) is 111 Å². The Morgan fingerprint density at radius 1 is 0.345 bits per heavy atom. The summed E-state index contributed by atoms with van der Waals surface area (Å²) in [6.45, 7) is 63.0. The third-order valence-corrected chi connectivity index (χ3v) is 33.9. The highest BCUT2D eigenvalue weighted by molar-refractivity contribution is 5.78. The van der Waals surface area contributed by atoms with Gasteiger partial charge < -0.3 is 94.7 Å². The summed E-state index contributed by atoms with van der Waals surface area (Å²) in [6, 6.07) is 0. The van der Waals surface area contributed by atoms with Gasteiger partial charge in [-0.05, 0) is 301 Å². The van der Waals surface area contributed by atoms with E-state index >= 15 is 0 Å². The topological polar surface area (TPSA) is 348 Å². The second-order valence-electron chi connectivity index (χ2n) is 49.8. The van der Waals surface area contributed by atoms with Gasteiger partial charge in [-0.3, -0.25) is 38.4 Å². The lowest BCUT2D eigenvalue weighted by Gasteiger charge is -2.31. The molecule has 28 nitrogen and oxygen atoms in total. The maximum absolute atomic E-state index is 12.3. The van der Waals surface area contributed by atoms with Crippen molar-refractivity contribution in [3.63, 3.8) is 0 Å². The summed E-state index contributed by atoms with van der Waals surface area (Å²) in [5.41, 5.74) is -0.0949. The van der Waals surface area contributed by atoms with Crippen molar-refractivity contribution in [2.45, 2.75) is 474 Å². The zero-order valence-electron chi connectivity index (χ0n) is 93.7. The van der Waals surface area contributed by atoms with Crippen molar-refractivity contribution in [3.8, 4) is 0 Å². The first kappa shape index (κ1) is 121. The SMILES string of the molecule is CC(C)CC(C)OC(=O)C1CC2OC2CC1C.CC(C)CCOC(=O)C1CC2OC2(C)CC1C.CC(CCOC(=O)C1CC2OC2(C)CC1C)CC(C)(C)C.CCCCC(CC)COC(=O)C1CC2OC2CC1C.CCOCCOC(=O)C1(C)CCC2(C)OC2C1.COCC(C)OC(=O)C1CC2OC2(C)CC1C.COCCCCOC(=O)C1CC2OC2(C)CC1C.COCCOC(=O)C1(C)CCC2(C)OC2C1. The van der Waals surface area contributed by atoms with Crippen molar-refractivity contribution in [1.82, 2.24) is 0 Å². The first-order valence-electron chi connectivity index (χ1n) is 55.5. The predicted molar refractivity (Wildman–Crippen MR) is 541 cm³/mol. The number of hydrogen-bond acceptors (Lipinski definition) is 28. The molecule has 0 amide bonds. The van der Waals surface area contributed by atoms with Crippen LogP contribution >= 0.6 is 0 Å². The van der Waals surface area contributed by atoms with Crippen LogP contribution in [-0.2, 0) is 133 Å². The number of carbonyl (C=O) groups excluding carboxylic acids is 8. The molecule has 142 heavy (non-hydrogen) atoms. The molecule has 0 spiro atoms. The van der Waals surface area contributed by atoms with Crippen LogP contribution in [0.15, 0.2) is 0 Å². The van der Waals surface area contributed by atoms with Gasteiger partial charge in [-0.25, -0.2) is 0 Å². The molecule has 34 unspecified atom stereocenters. The molecule has 8 heterocycles. The van der Waals surface area contributed by atoms with E-state index in [0.717, 1.165) is 161 Å². The molecule has 0 aromatic carbocycles. The second kappa shape index (κ2) is 53.3. The highest BCUT2D eigenvalue weighted by Crippen LogP contribution is 2.59. The minimum Gasteiger partial charge on any atom is -0.465 e. The number of methoxy groups -OCH3 is 3. The lowest BCUT2D eigenvalue weighted by molar-refractivity contribution is -0.159. The number of epoxide rings is 8. The Hall–Kier alpha value is -4.72. The molecule has 8 aliphatic heterocycles.